The summed E-state index contributed by atoms with van der Waals surface area (Å²) in [7, 11) is 0. The largest absolute Gasteiger partial charge is 0.378 e. The Morgan fingerprint density at radius 2 is 1.92 bits per heavy atom. The van der Waals surface area contributed by atoms with E-state index in [1.807, 2.05) is 6.92 Å². The molecule has 0 radical (unpaired) electrons. The highest BCUT2D eigenvalue weighted by atomic mass is 16.5. The van der Waals surface area contributed by atoms with Crippen molar-refractivity contribution < 1.29 is 14.3 Å². The smallest absolute Gasteiger partial charge is 0.315 e. The molecule has 134 valence electrons. The first-order valence-corrected chi connectivity index (χ1v) is 9.58. The Morgan fingerprint density at radius 1 is 1.21 bits per heavy atom. The first-order valence-electron chi connectivity index (χ1n) is 9.58. The predicted molar refractivity (Wildman–Crippen MR) is 89.5 cm³/mol. The second-order valence-electron chi connectivity index (χ2n) is 8.09. The first-order chi connectivity index (χ1) is 11.6. The molecule has 0 unspecified atom stereocenters. The van der Waals surface area contributed by atoms with E-state index in [2.05, 4.69) is 16.0 Å². The number of ether oxygens (including phenoxy) is 1. The summed E-state index contributed by atoms with van der Waals surface area (Å²) >= 11 is 0. The minimum absolute atomic E-state index is 0.0593. The second-order valence-corrected chi connectivity index (χ2v) is 8.09. The van der Waals surface area contributed by atoms with Crippen molar-refractivity contribution in [3.05, 3.63) is 0 Å². The summed E-state index contributed by atoms with van der Waals surface area (Å²) in [5.41, 5.74) is -0.00338. The van der Waals surface area contributed by atoms with Crippen molar-refractivity contribution in [3.63, 3.8) is 0 Å². The monoisotopic (exact) mass is 335 g/mol. The highest BCUT2D eigenvalue weighted by Crippen LogP contribution is 2.57. The Kier molecular flexibility index (Phi) is 3.98. The van der Waals surface area contributed by atoms with Gasteiger partial charge < -0.3 is 20.7 Å². The second kappa shape index (κ2) is 5.90. The summed E-state index contributed by atoms with van der Waals surface area (Å²) in [4.78, 5) is 24.3. The molecule has 3 aliphatic carbocycles. The highest BCUT2D eigenvalue weighted by Gasteiger charge is 2.59. The molecule has 1 saturated heterocycles. The summed E-state index contributed by atoms with van der Waals surface area (Å²) in [6.07, 6.45) is 9.12. The Morgan fingerprint density at radius 3 is 2.50 bits per heavy atom. The number of piperidine rings is 1. The SMILES string of the molecule is CCO[C@@H]1C[C@@H](NC(=O)N[C@H]2CCC(=O)NC23CCC3)C12CCC2. The number of hydrogen-bond acceptors (Lipinski definition) is 3. The van der Waals surface area contributed by atoms with E-state index in [0.29, 0.717) is 12.5 Å². The third kappa shape index (κ3) is 2.41. The Hall–Kier alpha value is -1.30. The van der Waals surface area contributed by atoms with Gasteiger partial charge in [0.15, 0.2) is 0 Å². The van der Waals surface area contributed by atoms with Crippen molar-refractivity contribution in [2.75, 3.05) is 6.61 Å². The lowest BCUT2D eigenvalue weighted by Gasteiger charge is -2.61. The van der Waals surface area contributed by atoms with Crippen LogP contribution in [0.3, 0.4) is 0 Å². The van der Waals surface area contributed by atoms with E-state index in [1.165, 1.54) is 6.42 Å². The van der Waals surface area contributed by atoms with E-state index in [0.717, 1.165) is 51.6 Å². The molecule has 0 aromatic carbocycles. The lowest BCUT2D eigenvalue weighted by molar-refractivity contribution is -0.169. The molecule has 2 spiro atoms. The third-order valence-electron chi connectivity index (χ3n) is 7.01. The van der Waals surface area contributed by atoms with E-state index >= 15 is 0 Å². The van der Waals surface area contributed by atoms with Gasteiger partial charge in [-0.2, -0.15) is 0 Å². The van der Waals surface area contributed by atoms with Gasteiger partial charge >= 0.3 is 6.03 Å². The molecule has 4 rings (SSSR count). The summed E-state index contributed by atoms with van der Waals surface area (Å²) in [6, 6.07) is 0.219. The van der Waals surface area contributed by atoms with Crippen LogP contribution in [0.2, 0.25) is 0 Å². The minimum atomic E-state index is -0.186. The van der Waals surface area contributed by atoms with Gasteiger partial charge in [-0.3, -0.25) is 4.79 Å². The van der Waals surface area contributed by atoms with Gasteiger partial charge in [-0.1, -0.05) is 6.42 Å². The van der Waals surface area contributed by atoms with Crippen LogP contribution in [0.4, 0.5) is 4.79 Å². The number of carbonyl (C=O) groups is 2. The summed E-state index contributed by atoms with van der Waals surface area (Å²) in [6.45, 7) is 2.78. The molecule has 0 aromatic heterocycles. The van der Waals surface area contributed by atoms with Crippen LogP contribution in [0.25, 0.3) is 0 Å². The van der Waals surface area contributed by atoms with Crippen LogP contribution >= 0.6 is 0 Å². The summed E-state index contributed by atoms with van der Waals surface area (Å²) in [5.74, 6) is 0.125. The molecule has 3 saturated carbocycles. The maximum absolute atomic E-state index is 12.5. The number of amides is 3. The lowest BCUT2D eigenvalue weighted by atomic mass is 9.51. The molecule has 0 aromatic rings. The van der Waals surface area contributed by atoms with Crippen LogP contribution in [0, 0.1) is 5.41 Å². The molecule has 4 fully saturated rings. The molecule has 3 amide bonds. The Labute approximate surface area is 143 Å². The van der Waals surface area contributed by atoms with E-state index in [4.69, 9.17) is 4.74 Å². The number of urea groups is 1. The molecular formula is C18H29N3O3. The fourth-order valence-electron chi connectivity index (χ4n) is 5.22. The molecule has 24 heavy (non-hydrogen) atoms. The molecule has 1 aliphatic heterocycles. The number of nitrogens with one attached hydrogen (secondary N) is 3. The van der Waals surface area contributed by atoms with Gasteiger partial charge in [0.1, 0.15) is 0 Å². The van der Waals surface area contributed by atoms with Gasteiger partial charge in [0.2, 0.25) is 5.91 Å². The zero-order valence-corrected chi connectivity index (χ0v) is 14.5. The van der Waals surface area contributed by atoms with Gasteiger partial charge in [-0.05, 0) is 51.9 Å². The number of carbonyl (C=O) groups excluding carboxylic acids is 2. The average molecular weight is 335 g/mol. The van der Waals surface area contributed by atoms with Crippen molar-refractivity contribution in [2.24, 2.45) is 5.41 Å². The topological polar surface area (TPSA) is 79.5 Å². The van der Waals surface area contributed by atoms with Crippen LogP contribution in [0.1, 0.15) is 64.7 Å². The molecular weight excluding hydrogens is 306 g/mol. The normalized spacial score (nSPS) is 35.4. The van der Waals surface area contributed by atoms with E-state index in [1.54, 1.807) is 0 Å². The van der Waals surface area contributed by atoms with E-state index < -0.39 is 0 Å². The average Bonchev–Trinajstić information content (AvgIpc) is 2.44. The fraction of sp³-hybridized carbons (Fsp3) is 0.889. The zero-order chi connectivity index (χ0) is 16.8. The van der Waals surface area contributed by atoms with E-state index in [9.17, 15) is 9.59 Å². The van der Waals surface area contributed by atoms with Gasteiger partial charge in [-0.25, -0.2) is 4.79 Å². The van der Waals surface area contributed by atoms with Gasteiger partial charge in [0.05, 0.1) is 17.7 Å². The van der Waals surface area contributed by atoms with Crippen molar-refractivity contribution in [3.8, 4) is 0 Å². The van der Waals surface area contributed by atoms with Crippen molar-refractivity contribution in [1.29, 1.82) is 0 Å². The van der Waals surface area contributed by atoms with Crippen molar-refractivity contribution in [2.45, 2.75) is 88.4 Å². The van der Waals surface area contributed by atoms with Crippen molar-refractivity contribution in [1.82, 2.24) is 16.0 Å². The van der Waals surface area contributed by atoms with Gasteiger partial charge in [0, 0.05) is 24.5 Å². The standard InChI is InChI=1S/C18H29N3O3/c1-2-24-14-11-13(17(14)7-3-8-17)20-16(23)19-12-5-6-15(22)21-18(12)9-4-10-18/h12-14H,2-11H2,1H3,(H,21,22)(H2,19,20,23)/t12-,13+,14+/m0/s1. The van der Waals surface area contributed by atoms with Gasteiger partial charge in [-0.15, -0.1) is 0 Å². The Bertz CT molecular complexity index is 528. The first kappa shape index (κ1) is 16.2. The summed E-state index contributed by atoms with van der Waals surface area (Å²) < 4.78 is 5.85. The molecule has 6 nitrogen and oxygen atoms in total. The van der Waals surface area contributed by atoms with Crippen LogP contribution in [0.5, 0.6) is 0 Å². The van der Waals surface area contributed by atoms with Crippen LogP contribution < -0.4 is 16.0 Å². The van der Waals surface area contributed by atoms with Crippen LogP contribution in [-0.4, -0.2) is 42.3 Å². The fourth-order valence-corrected chi connectivity index (χ4v) is 5.22. The zero-order valence-electron chi connectivity index (χ0n) is 14.5. The quantitative estimate of drug-likeness (QED) is 0.733. The third-order valence-corrected chi connectivity index (χ3v) is 7.01. The summed E-state index contributed by atoms with van der Waals surface area (Å²) in [5, 5.41) is 9.48. The maximum Gasteiger partial charge on any atom is 0.315 e. The molecule has 6 heteroatoms. The lowest BCUT2D eigenvalue weighted by Crippen LogP contribution is -2.72. The predicted octanol–water partition coefficient (Wildman–Crippen LogP) is 1.83. The molecule has 1 heterocycles. The Balaban J connectivity index is 1.33. The maximum atomic E-state index is 12.5. The number of rotatable bonds is 4. The van der Waals surface area contributed by atoms with E-state index in [-0.39, 0.29) is 35.0 Å². The van der Waals surface area contributed by atoms with Crippen LogP contribution in [0.15, 0.2) is 0 Å². The minimum Gasteiger partial charge on any atom is -0.378 e. The van der Waals surface area contributed by atoms with Crippen molar-refractivity contribution >= 4 is 11.9 Å². The van der Waals surface area contributed by atoms with Crippen LogP contribution in [-0.2, 0) is 9.53 Å². The number of hydrogen-bond donors (Lipinski definition) is 3. The molecule has 0 bridgehead atoms. The highest BCUT2D eigenvalue weighted by molar-refractivity contribution is 5.80. The van der Waals surface area contributed by atoms with Gasteiger partial charge in [0.25, 0.3) is 0 Å². The molecule has 3 atom stereocenters. The molecule has 4 aliphatic rings. The molecule has 3 N–H and O–H groups in total.